The van der Waals surface area contributed by atoms with Crippen molar-refractivity contribution in [1.82, 2.24) is 15.1 Å². The lowest BCUT2D eigenvalue weighted by Crippen LogP contribution is -2.38. The van der Waals surface area contributed by atoms with Gasteiger partial charge in [-0.2, -0.15) is 5.10 Å². The molecule has 12 heteroatoms. The summed E-state index contributed by atoms with van der Waals surface area (Å²) in [5, 5.41) is 10.2. The maximum atomic E-state index is 15.3. The number of benzene rings is 1. The molecule has 1 aromatic carbocycles. The van der Waals surface area contributed by atoms with Gasteiger partial charge in [0, 0.05) is 18.5 Å². The van der Waals surface area contributed by atoms with Gasteiger partial charge < -0.3 is 25.8 Å². The molecule has 0 spiro atoms. The molecule has 11 nitrogen and oxygen atoms in total. The Morgan fingerprint density at radius 3 is 2.43 bits per heavy atom. The molecule has 0 aliphatic heterocycles. The second-order valence-electron chi connectivity index (χ2n) is 12.9. The molecule has 0 unspecified atom stereocenters. The predicted molar refractivity (Wildman–Crippen MR) is 153 cm³/mol. The minimum absolute atomic E-state index is 0.00987. The van der Waals surface area contributed by atoms with E-state index in [9.17, 15) is 19.2 Å². The van der Waals surface area contributed by atoms with E-state index in [1.165, 1.54) is 6.07 Å². The van der Waals surface area contributed by atoms with Crippen LogP contribution in [0.5, 0.6) is 0 Å². The van der Waals surface area contributed by atoms with E-state index in [2.05, 4.69) is 15.7 Å². The van der Waals surface area contributed by atoms with E-state index in [1.807, 2.05) is 13.8 Å². The Hall–Kier alpha value is -3.96. The molecule has 1 fully saturated rings. The molecule has 1 heterocycles. The first-order chi connectivity index (χ1) is 19.5. The van der Waals surface area contributed by atoms with Crippen LogP contribution in [0, 0.1) is 18.2 Å². The first-order valence-electron chi connectivity index (χ1n) is 14.2. The summed E-state index contributed by atoms with van der Waals surface area (Å²) >= 11 is 0. The van der Waals surface area contributed by atoms with Crippen LogP contribution in [-0.4, -0.2) is 57.8 Å². The molecule has 4 N–H and O–H groups in total. The summed E-state index contributed by atoms with van der Waals surface area (Å²) < 4.78 is 27.6. The van der Waals surface area contributed by atoms with Crippen LogP contribution in [0.4, 0.5) is 14.9 Å². The molecule has 228 valence electrons. The zero-order valence-electron chi connectivity index (χ0n) is 25.1. The van der Waals surface area contributed by atoms with Crippen LogP contribution in [0.15, 0.2) is 12.1 Å². The molecule has 1 aromatic heterocycles. The van der Waals surface area contributed by atoms with Gasteiger partial charge in [0.2, 0.25) is 0 Å². The third-order valence-electron chi connectivity index (χ3n) is 7.39. The van der Waals surface area contributed by atoms with Crippen LogP contribution in [-0.2, 0) is 20.7 Å². The van der Waals surface area contributed by atoms with Gasteiger partial charge >= 0.3 is 12.1 Å². The highest BCUT2D eigenvalue weighted by Crippen LogP contribution is 2.38. The highest BCUT2D eigenvalue weighted by atomic mass is 19.1. The second-order valence-corrected chi connectivity index (χ2v) is 12.9. The minimum atomic E-state index is -0.906. The van der Waals surface area contributed by atoms with Gasteiger partial charge in [-0.15, -0.1) is 0 Å². The quantitative estimate of drug-likeness (QED) is 0.405. The first kappa shape index (κ1) is 31.0. The Morgan fingerprint density at radius 1 is 1.14 bits per heavy atom. The Kier molecular flexibility index (Phi) is 8.65. The van der Waals surface area contributed by atoms with Crippen molar-refractivity contribution >= 4 is 29.4 Å². The van der Waals surface area contributed by atoms with E-state index in [0.717, 1.165) is 5.69 Å². The normalized spacial score (nSPS) is 19.9. The zero-order valence-corrected chi connectivity index (χ0v) is 25.1. The molecule has 42 heavy (non-hydrogen) atoms. The third-order valence-corrected chi connectivity index (χ3v) is 7.39. The number of nitrogens with one attached hydrogen (secondary N) is 2. The lowest BCUT2D eigenvalue weighted by atomic mass is 9.75. The smallest absolute Gasteiger partial charge is 0.408 e. The van der Waals surface area contributed by atoms with Crippen molar-refractivity contribution in [2.45, 2.75) is 97.8 Å². The second kappa shape index (κ2) is 11.7. The highest BCUT2D eigenvalue weighted by Gasteiger charge is 2.36. The molecule has 2 aliphatic rings. The number of amides is 2. The van der Waals surface area contributed by atoms with Crippen molar-refractivity contribution in [2.75, 3.05) is 11.9 Å². The third kappa shape index (κ3) is 7.27. The van der Waals surface area contributed by atoms with Crippen LogP contribution in [0.25, 0.3) is 5.69 Å². The van der Waals surface area contributed by atoms with Crippen LogP contribution in [0.3, 0.4) is 0 Å². The number of hydrogen-bond acceptors (Lipinski definition) is 8. The molecular weight excluding hydrogens is 545 g/mol. The summed E-state index contributed by atoms with van der Waals surface area (Å²) in [4.78, 5) is 49.1. The predicted octanol–water partition coefficient (Wildman–Crippen LogP) is 4.36. The maximum absolute atomic E-state index is 15.3. The highest BCUT2D eigenvalue weighted by molar-refractivity contribution is 6.00. The summed E-state index contributed by atoms with van der Waals surface area (Å²) in [7, 11) is 0. The van der Waals surface area contributed by atoms with Gasteiger partial charge in [-0.3, -0.25) is 14.4 Å². The van der Waals surface area contributed by atoms with E-state index >= 15 is 4.39 Å². The number of ketones is 1. The van der Waals surface area contributed by atoms with Gasteiger partial charge in [-0.25, -0.2) is 13.9 Å². The van der Waals surface area contributed by atoms with Crippen LogP contribution in [0.1, 0.15) is 98.8 Å². The van der Waals surface area contributed by atoms with Gasteiger partial charge in [0.05, 0.1) is 33.9 Å². The monoisotopic (exact) mass is 585 g/mol. The number of ether oxygens (including phenoxy) is 2. The number of fused-ring (bicyclic) bond motifs is 1. The Bertz CT molecular complexity index is 1400. The fourth-order valence-corrected chi connectivity index (χ4v) is 5.66. The number of carbonyl (C=O) groups is 4. The fraction of sp³-hybridized carbons (Fsp3) is 0.567. The van der Waals surface area contributed by atoms with Crippen LogP contribution >= 0.6 is 0 Å². The number of anilines is 1. The lowest BCUT2D eigenvalue weighted by molar-refractivity contribution is -0.149. The molecule has 0 atom stereocenters. The lowest BCUT2D eigenvalue weighted by Gasteiger charge is -2.30. The first-order valence-corrected chi connectivity index (χ1v) is 14.2. The number of esters is 1. The average molecular weight is 586 g/mol. The molecule has 1 saturated carbocycles. The summed E-state index contributed by atoms with van der Waals surface area (Å²) in [5.74, 6) is -2.25. The van der Waals surface area contributed by atoms with Gasteiger partial charge in [0.25, 0.3) is 5.91 Å². The van der Waals surface area contributed by atoms with Crippen molar-refractivity contribution < 1.29 is 33.0 Å². The van der Waals surface area contributed by atoms with E-state index < -0.39 is 29.4 Å². The van der Waals surface area contributed by atoms with E-state index in [1.54, 1.807) is 38.4 Å². The number of primary amides is 1. The van der Waals surface area contributed by atoms with E-state index in [4.69, 9.17) is 15.2 Å². The standard InChI is InChI=1S/C30H40FN5O6/c1-16-25-22(13-30(5,6)14-23(25)37)36(35-16)18-11-20(31)26(27(32)39)21(12-18)34-17-7-9-19(10-8-17)41-24(38)15-33-28(40)42-29(2,3)4/h11-12,17,19,34H,7-10,13-15H2,1-6H3,(H2,32,39)(H,33,40)/t17-,19-. The number of aromatic nitrogens is 2. The fourth-order valence-electron chi connectivity index (χ4n) is 5.66. The number of carbonyl (C=O) groups excluding carboxylic acids is 4. The summed E-state index contributed by atoms with van der Waals surface area (Å²) in [6.45, 7) is 10.6. The molecule has 0 radical (unpaired) electrons. The molecule has 2 aliphatic carbocycles. The number of halogens is 1. The zero-order chi connectivity index (χ0) is 31.0. The van der Waals surface area contributed by atoms with Crippen molar-refractivity contribution in [1.29, 1.82) is 0 Å². The Labute approximate surface area is 244 Å². The van der Waals surface area contributed by atoms with Gasteiger partial charge in [-0.05, 0) is 71.3 Å². The minimum Gasteiger partial charge on any atom is -0.461 e. The SMILES string of the molecule is Cc1nn(-c2cc(F)c(C(N)=O)c(N[C@H]3CC[C@H](OC(=O)CNC(=O)OC(C)(C)C)CC3)c2)c2c1C(=O)CC(C)(C)C2. The molecule has 2 amide bonds. The van der Waals surface area contributed by atoms with Crippen molar-refractivity contribution in [3.05, 3.63) is 40.5 Å². The molecular formula is C30H40FN5O6. The Morgan fingerprint density at radius 2 is 1.81 bits per heavy atom. The number of hydrogen-bond donors (Lipinski definition) is 3. The van der Waals surface area contributed by atoms with Crippen LogP contribution < -0.4 is 16.4 Å². The molecule has 2 aromatic rings. The van der Waals surface area contributed by atoms with Gasteiger partial charge in [0.15, 0.2) is 5.78 Å². The van der Waals surface area contributed by atoms with Gasteiger partial charge in [0.1, 0.15) is 24.1 Å². The summed E-state index contributed by atoms with van der Waals surface area (Å²) in [5.41, 5.74) is 6.84. The summed E-state index contributed by atoms with van der Waals surface area (Å²) in [6.07, 6.45) is 2.20. The van der Waals surface area contributed by atoms with Crippen molar-refractivity contribution in [2.24, 2.45) is 11.1 Å². The Balaban J connectivity index is 1.45. The number of alkyl carbamates (subject to hydrolysis) is 1. The topological polar surface area (TPSA) is 155 Å². The summed E-state index contributed by atoms with van der Waals surface area (Å²) in [6, 6.07) is 2.71. The van der Waals surface area contributed by atoms with Crippen LogP contribution in [0.2, 0.25) is 0 Å². The van der Waals surface area contributed by atoms with E-state index in [0.29, 0.717) is 55.5 Å². The van der Waals surface area contributed by atoms with Crippen molar-refractivity contribution in [3.63, 3.8) is 0 Å². The van der Waals surface area contributed by atoms with Gasteiger partial charge in [-0.1, -0.05) is 13.8 Å². The average Bonchev–Trinajstić information content (AvgIpc) is 3.17. The van der Waals surface area contributed by atoms with Crippen molar-refractivity contribution in [3.8, 4) is 5.69 Å². The number of nitrogens with two attached hydrogens (primary N) is 1. The number of rotatable bonds is 7. The van der Waals surface area contributed by atoms with E-state index in [-0.39, 0.29) is 41.1 Å². The largest absolute Gasteiger partial charge is 0.461 e. The number of Topliss-reactive ketones (excluding diaryl/α,β-unsaturated/α-hetero) is 1. The number of nitrogens with zero attached hydrogens (tertiary/aromatic N) is 2. The maximum Gasteiger partial charge on any atom is 0.408 e. The number of aryl methyl sites for hydroxylation is 1. The molecule has 0 bridgehead atoms. The molecule has 4 rings (SSSR count). The molecule has 0 saturated heterocycles.